The van der Waals surface area contributed by atoms with Crippen LogP contribution < -0.4 is 14.8 Å². The molecule has 0 saturated heterocycles. The molecule has 1 amide bonds. The van der Waals surface area contributed by atoms with Gasteiger partial charge in [0.1, 0.15) is 11.5 Å². The molecule has 3 aromatic carbocycles. The van der Waals surface area contributed by atoms with E-state index in [2.05, 4.69) is 27.4 Å². The molecule has 0 aliphatic carbocycles. The van der Waals surface area contributed by atoms with Crippen molar-refractivity contribution in [1.82, 2.24) is 15.3 Å². The molecule has 0 saturated carbocycles. The molecule has 4 aromatic rings. The van der Waals surface area contributed by atoms with E-state index >= 15 is 0 Å². The number of carbonyl (C=O) groups excluding carboxylic acids is 1. The van der Waals surface area contributed by atoms with E-state index in [0.717, 1.165) is 16.2 Å². The Morgan fingerprint density at radius 1 is 0.939 bits per heavy atom. The minimum absolute atomic E-state index is 0.167. The standard InChI is InChI=1S/C26H23N3O3S/c1-18-6-12-23(13-7-18)33-26-25(27-14-15-28-26)32-21-10-8-20(9-11-21)24(30)29-17-19-4-3-5-22(16-19)31-2/h3-16H,17H2,1-2H3,(H,29,30). The third-order valence-corrected chi connectivity index (χ3v) is 5.77. The Bertz CT molecular complexity index is 1230. The molecule has 4 rings (SSSR count). The van der Waals surface area contributed by atoms with Gasteiger partial charge in [0.05, 0.1) is 7.11 Å². The average molecular weight is 458 g/mol. The summed E-state index contributed by atoms with van der Waals surface area (Å²) in [5, 5.41) is 3.58. The van der Waals surface area contributed by atoms with E-state index in [0.29, 0.717) is 28.8 Å². The van der Waals surface area contributed by atoms with Crippen molar-refractivity contribution in [2.45, 2.75) is 23.4 Å². The van der Waals surface area contributed by atoms with Gasteiger partial charge in [0.2, 0.25) is 0 Å². The summed E-state index contributed by atoms with van der Waals surface area (Å²) in [7, 11) is 1.62. The molecule has 0 aliphatic rings. The summed E-state index contributed by atoms with van der Waals surface area (Å²) < 4.78 is 11.2. The van der Waals surface area contributed by atoms with Crippen LogP contribution in [0.15, 0.2) is 95.1 Å². The Kier molecular flexibility index (Phi) is 7.22. The minimum atomic E-state index is -0.167. The fourth-order valence-corrected chi connectivity index (χ4v) is 3.81. The highest BCUT2D eigenvalue weighted by Gasteiger charge is 2.11. The van der Waals surface area contributed by atoms with Gasteiger partial charge in [-0.2, -0.15) is 0 Å². The van der Waals surface area contributed by atoms with Crippen molar-refractivity contribution in [2.75, 3.05) is 7.11 Å². The van der Waals surface area contributed by atoms with Gasteiger partial charge in [0, 0.05) is 29.4 Å². The van der Waals surface area contributed by atoms with E-state index in [-0.39, 0.29) is 5.91 Å². The van der Waals surface area contributed by atoms with Crippen LogP contribution in [0.25, 0.3) is 0 Å². The molecule has 7 heteroatoms. The highest BCUT2D eigenvalue weighted by Crippen LogP contribution is 2.34. The lowest BCUT2D eigenvalue weighted by molar-refractivity contribution is 0.0951. The average Bonchev–Trinajstić information content (AvgIpc) is 2.85. The number of nitrogens with zero attached hydrogens (tertiary/aromatic N) is 2. The molecular weight excluding hydrogens is 434 g/mol. The monoisotopic (exact) mass is 457 g/mol. The van der Waals surface area contributed by atoms with Crippen LogP contribution in [0.3, 0.4) is 0 Å². The predicted molar refractivity (Wildman–Crippen MR) is 128 cm³/mol. The van der Waals surface area contributed by atoms with Crippen molar-refractivity contribution in [3.05, 3.63) is 102 Å². The van der Waals surface area contributed by atoms with Gasteiger partial charge >= 0.3 is 0 Å². The summed E-state index contributed by atoms with van der Waals surface area (Å²) >= 11 is 1.49. The zero-order chi connectivity index (χ0) is 23.0. The van der Waals surface area contributed by atoms with Crippen molar-refractivity contribution in [3.8, 4) is 17.4 Å². The number of ether oxygens (including phenoxy) is 2. The number of amides is 1. The van der Waals surface area contributed by atoms with Gasteiger partial charge in [-0.05, 0) is 61.0 Å². The number of carbonyl (C=O) groups is 1. The number of hydrogen-bond donors (Lipinski definition) is 1. The number of nitrogens with one attached hydrogen (secondary N) is 1. The van der Waals surface area contributed by atoms with E-state index in [1.54, 1.807) is 43.8 Å². The topological polar surface area (TPSA) is 73.3 Å². The first-order valence-electron chi connectivity index (χ1n) is 10.4. The van der Waals surface area contributed by atoms with Crippen LogP contribution in [0.5, 0.6) is 17.4 Å². The van der Waals surface area contributed by atoms with Gasteiger partial charge < -0.3 is 14.8 Å². The predicted octanol–water partition coefficient (Wildman–Crippen LogP) is 5.67. The SMILES string of the molecule is COc1cccc(CNC(=O)c2ccc(Oc3nccnc3Sc3ccc(C)cc3)cc2)c1. The zero-order valence-corrected chi connectivity index (χ0v) is 19.1. The van der Waals surface area contributed by atoms with Crippen LogP contribution in [0.4, 0.5) is 0 Å². The lowest BCUT2D eigenvalue weighted by atomic mass is 10.2. The second-order valence-electron chi connectivity index (χ2n) is 7.24. The normalized spacial score (nSPS) is 10.5. The van der Waals surface area contributed by atoms with Crippen molar-refractivity contribution >= 4 is 17.7 Å². The third kappa shape index (κ3) is 6.11. The van der Waals surface area contributed by atoms with Crippen LogP contribution in [0.1, 0.15) is 21.5 Å². The molecule has 0 aliphatic heterocycles. The van der Waals surface area contributed by atoms with Crippen molar-refractivity contribution in [2.24, 2.45) is 0 Å². The van der Waals surface area contributed by atoms with E-state index in [1.165, 1.54) is 17.3 Å². The molecule has 33 heavy (non-hydrogen) atoms. The molecule has 6 nitrogen and oxygen atoms in total. The number of benzene rings is 3. The van der Waals surface area contributed by atoms with Gasteiger partial charge in [0.25, 0.3) is 11.8 Å². The van der Waals surface area contributed by atoms with Gasteiger partial charge in [-0.25, -0.2) is 9.97 Å². The molecule has 1 heterocycles. The summed E-state index contributed by atoms with van der Waals surface area (Å²) in [4.78, 5) is 22.3. The van der Waals surface area contributed by atoms with Gasteiger partial charge in [0.15, 0.2) is 5.03 Å². The quantitative estimate of drug-likeness (QED) is 0.368. The van der Waals surface area contributed by atoms with Crippen LogP contribution in [-0.4, -0.2) is 23.0 Å². The molecule has 1 N–H and O–H groups in total. The van der Waals surface area contributed by atoms with Crippen molar-refractivity contribution < 1.29 is 14.3 Å². The number of aromatic nitrogens is 2. The van der Waals surface area contributed by atoms with Crippen LogP contribution in [-0.2, 0) is 6.54 Å². The first kappa shape index (κ1) is 22.4. The molecule has 0 radical (unpaired) electrons. The maximum atomic E-state index is 12.5. The van der Waals surface area contributed by atoms with E-state index < -0.39 is 0 Å². The summed E-state index contributed by atoms with van der Waals surface area (Å²) in [6, 6.07) is 22.7. The van der Waals surface area contributed by atoms with Crippen LogP contribution in [0.2, 0.25) is 0 Å². The zero-order valence-electron chi connectivity index (χ0n) is 18.3. The molecular formula is C26H23N3O3S. The smallest absolute Gasteiger partial charge is 0.252 e. The second kappa shape index (κ2) is 10.7. The van der Waals surface area contributed by atoms with E-state index in [4.69, 9.17) is 9.47 Å². The van der Waals surface area contributed by atoms with Crippen molar-refractivity contribution in [3.63, 3.8) is 0 Å². The number of rotatable bonds is 8. The number of methoxy groups -OCH3 is 1. The number of aryl methyl sites for hydroxylation is 1. The molecule has 0 atom stereocenters. The second-order valence-corrected chi connectivity index (χ2v) is 8.30. The van der Waals surface area contributed by atoms with Gasteiger partial charge in [-0.15, -0.1) is 0 Å². The maximum Gasteiger partial charge on any atom is 0.252 e. The fourth-order valence-electron chi connectivity index (χ4n) is 3.02. The molecule has 0 fully saturated rings. The van der Waals surface area contributed by atoms with Crippen molar-refractivity contribution in [1.29, 1.82) is 0 Å². The fraction of sp³-hybridized carbons (Fsp3) is 0.115. The van der Waals surface area contributed by atoms with Gasteiger partial charge in [-0.1, -0.05) is 41.6 Å². The Balaban J connectivity index is 1.39. The third-order valence-electron chi connectivity index (χ3n) is 4.79. The molecule has 166 valence electrons. The van der Waals surface area contributed by atoms with E-state index in [1.807, 2.05) is 43.3 Å². The van der Waals surface area contributed by atoms with Crippen LogP contribution in [0, 0.1) is 6.92 Å². The Morgan fingerprint density at radius 2 is 1.70 bits per heavy atom. The molecule has 0 bridgehead atoms. The minimum Gasteiger partial charge on any atom is -0.497 e. The Labute approximate surface area is 197 Å². The summed E-state index contributed by atoms with van der Waals surface area (Å²) in [6.07, 6.45) is 3.23. The summed E-state index contributed by atoms with van der Waals surface area (Å²) in [6.45, 7) is 2.46. The van der Waals surface area contributed by atoms with Gasteiger partial charge in [-0.3, -0.25) is 4.79 Å². The molecule has 1 aromatic heterocycles. The van der Waals surface area contributed by atoms with E-state index in [9.17, 15) is 4.79 Å². The highest BCUT2D eigenvalue weighted by molar-refractivity contribution is 7.99. The first-order valence-corrected chi connectivity index (χ1v) is 11.2. The Hall–Kier alpha value is -3.84. The molecule has 0 unspecified atom stereocenters. The molecule has 0 spiro atoms. The van der Waals surface area contributed by atoms with Crippen LogP contribution >= 0.6 is 11.8 Å². The number of hydrogen-bond acceptors (Lipinski definition) is 6. The lowest BCUT2D eigenvalue weighted by Gasteiger charge is -2.10. The largest absolute Gasteiger partial charge is 0.497 e. The maximum absolute atomic E-state index is 12.5. The highest BCUT2D eigenvalue weighted by atomic mass is 32.2. The first-order chi connectivity index (χ1) is 16.1. The summed E-state index contributed by atoms with van der Waals surface area (Å²) in [5.74, 6) is 1.58. The lowest BCUT2D eigenvalue weighted by Crippen LogP contribution is -2.22. The Morgan fingerprint density at radius 3 is 2.45 bits per heavy atom. The summed E-state index contributed by atoms with van der Waals surface area (Å²) in [5.41, 5.74) is 2.70.